The van der Waals surface area contributed by atoms with Gasteiger partial charge < -0.3 is 4.74 Å². The molecule has 2 aromatic carbocycles. The number of rotatable bonds is 5. The molecule has 2 N–H and O–H groups in total. The highest BCUT2D eigenvalue weighted by Crippen LogP contribution is 2.23. The fourth-order valence-corrected chi connectivity index (χ4v) is 3.54. The van der Waals surface area contributed by atoms with Gasteiger partial charge in [-0.15, -0.1) is 0 Å². The van der Waals surface area contributed by atoms with E-state index in [1.54, 1.807) is 6.07 Å². The molecule has 0 aromatic heterocycles. The van der Waals surface area contributed by atoms with Crippen LogP contribution in [0.1, 0.15) is 45.2 Å². The number of esters is 1. The number of carbonyl (C=O) groups is 2. The highest BCUT2D eigenvalue weighted by atomic mass is 32.2. The fourth-order valence-electron chi connectivity index (χ4n) is 3.02. The van der Waals surface area contributed by atoms with E-state index in [4.69, 9.17) is 9.88 Å². The van der Waals surface area contributed by atoms with Crippen LogP contribution in [0, 0.1) is 0 Å². The van der Waals surface area contributed by atoms with E-state index in [0.717, 1.165) is 19.3 Å². The second-order valence-corrected chi connectivity index (χ2v) is 7.88. The molecule has 136 valence electrons. The van der Waals surface area contributed by atoms with Crippen LogP contribution in [0.2, 0.25) is 0 Å². The average molecular weight is 373 g/mol. The molecule has 0 saturated carbocycles. The molecule has 2 aromatic rings. The number of sulfonamides is 1. The molecule has 0 fully saturated rings. The minimum absolute atomic E-state index is 0.101. The molecule has 0 radical (unpaired) electrons. The van der Waals surface area contributed by atoms with Gasteiger partial charge in [-0.2, -0.15) is 0 Å². The number of hydrogen-bond acceptors (Lipinski definition) is 5. The summed E-state index contributed by atoms with van der Waals surface area (Å²) in [6.07, 6.45) is 2.13. The predicted molar refractivity (Wildman–Crippen MR) is 95.5 cm³/mol. The highest BCUT2D eigenvalue weighted by Gasteiger charge is 2.22. The van der Waals surface area contributed by atoms with E-state index in [1.807, 2.05) is 12.1 Å². The van der Waals surface area contributed by atoms with E-state index in [-0.39, 0.29) is 16.2 Å². The fraction of sp³-hybridized carbons (Fsp3) is 0.263. The van der Waals surface area contributed by atoms with Gasteiger partial charge in [-0.1, -0.05) is 12.1 Å². The lowest BCUT2D eigenvalue weighted by atomic mass is 10.0. The molecule has 1 atom stereocenters. The van der Waals surface area contributed by atoms with Gasteiger partial charge in [0.1, 0.15) is 0 Å². The molecule has 0 amide bonds. The Bertz CT molecular complexity index is 964. The van der Waals surface area contributed by atoms with Crippen LogP contribution in [-0.4, -0.2) is 26.3 Å². The predicted octanol–water partition coefficient (Wildman–Crippen LogP) is 2.25. The molecule has 0 saturated heterocycles. The van der Waals surface area contributed by atoms with Crippen LogP contribution in [0.15, 0.2) is 47.4 Å². The van der Waals surface area contributed by atoms with Crippen molar-refractivity contribution in [3.05, 3.63) is 64.7 Å². The summed E-state index contributed by atoms with van der Waals surface area (Å²) >= 11 is 0. The van der Waals surface area contributed by atoms with Crippen LogP contribution < -0.4 is 5.14 Å². The van der Waals surface area contributed by atoms with Crippen molar-refractivity contribution < 1.29 is 22.7 Å². The Balaban J connectivity index is 1.69. The molecule has 0 bridgehead atoms. The molecule has 6 nitrogen and oxygen atoms in total. The number of benzene rings is 2. The first-order valence-corrected chi connectivity index (χ1v) is 9.80. The molecule has 26 heavy (non-hydrogen) atoms. The number of aryl methyl sites for hydroxylation is 2. The van der Waals surface area contributed by atoms with Gasteiger partial charge in [0.15, 0.2) is 6.10 Å². The van der Waals surface area contributed by atoms with Crippen LogP contribution in [0.3, 0.4) is 0 Å². The summed E-state index contributed by atoms with van der Waals surface area (Å²) in [4.78, 5) is 24.6. The Hall–Kier alpha value is -2.51. The maximum absolute atomic E-state index is 12.5. The second kappa shape index (κ2) is 7.01. The largest absolute Gasteiger partial charge is 0.451 e. The van der Waals surface area contributed by atoms with Crippen molar-refractivity contribution in [2.24, 2.45) is 5.14 Å². The van der Waals surface area contributed by atoms with E-state index in [0.29, 0.717) is 5.56 Å². The second-order valence-electron chi connectivity index (χ2n) is 6.32. The first-order valence-electron chi connectivity index (χ1n) is 8.25. The Morgan fingerprint density at radius 3 is 2.27 bits per heavy atom. The summed E-state index contributed by atoms with van der Waals surface area (Å²) in [6, 6.07) is 10.6. The molecule has 7 heteroatoms. The maximum atomic E-state index is 12.5. The first-order chi connectivity index (χ1) is 12.3. The quantitative estimate of drug-likeness (QED) is 0.639. The standard InChI is InChI=1S/C19H19NO5S/c1-12(18(21)16-6-5-13-3-2-4-15(13)11-16)25-19(22)14-7-9-17(10-8-14)26(20,23)24/h5-12H,2-4H2,1H3,(H2,20,23,24). The van der Waals surface area contributed by atoms with Crippen molar-refractivity contribution >= 4 is 21.8 Å². The van der Waals surface area contributed by atoms with Crippen LogP contribution in [0.4, 0.5) is 0 Å². The third kappa shape index (κ3) is 3.84. The molecule has 1 aliphatic carbocycles. The molecule has 0 heterocycles. The van der Waals surface area contributed by atoms with Crippen LogP contribution >= 0.6 is 0 Å². The van der Waals surface area contributed by atoms with Gasteiger partial charge in [0.25, 0.3) is 0 Å². The zero-order valence-corrected chi connectivity index (χ0v) is 15.1. The number of ether oxygens (including phenoxy) is 1. The Labute approximate surface area is 152 Å². The zero-order chi connectivity index (χ0) is 18.9. The monoisotopic (exact) mass is 373 g/mol. The van der Waals surface area contributed by atoms with Gasteiger partial charge in [0.2, 0.25) is 15.8 Å². The Morgan fingerprint density at radius 1 is 1.00 bits per heavy atom. The van der Waals surface area contributed by atoms with Gasteiger partial charge in [-0.3, -0.25) is 4.79 Å². The van der Waals surface area contributed by atoms with E-state index in [2.05, 4.69) is 0 Å². The van der Waals surface area contributed by atoms with Gasteiger partial charge in [0.05, 0.1) is 10.5 Å². The number of primary sulfonamides is 1. The molecule has 0 aliphatic heterocycles. The average Bonchev–Trinajstić information content (AvgIpc) is 3.08. The van der Waals surface area contributed by atoms with Gasteiger partial charge in [-0.05, 0) is 67.6 Å². The molecule has 1 unspecified atom stereocenters. The maximum Gasteiger partial charge on any atom is 0.338 e. The van der Waals surface area contributed by atoms with Gasteiger partial charge in [-0.25, -0.2) is 18.4 Å². The minimum atomic E-state index is -3.83. The SMILES string of the molecule is CC(OC(=O)c1ccc(S(N)(=O)=O)cc1)C(=O)c1ccc2c(c1)CCC2. The summed E-state index contributed by atoms with van der Waals surface area (Å²) in [6.45, 7) is 1.52. The third-order valence-electron chi connectivity index (χ3n) is 4.45. The normalized spacial score (nSPS) is 14.5. The molecule has 1 aliphatic rings. The highest BCUT2D eigenvalue weighted by molar-refractivity contribution is 7.89. The third-order valence-corrected chi connectivity index (χ3v) is 5.38. The van der Waals surface area contributed by atoms with Crippen molar-refractivity contribution in [1.82, 2.24) is 0 Å². The van der Waals surface area contributed by atoms with E-state index >= 15 is 0 Å². The number of carbonyl (C=O) groups excluding carboxylic acids is 2. The lowest BCUT2D eigenvalue weighted by Crippen LogP contribution is -2.24. The van der Waals surface area contributed by atoms with Gasteiger partial charge in [0, 0.05) is 5.56 Å². The summed E-state index contributed by atoms with van der Waals surface area (Å²) in [7, 11) is -3.83. The molecular formula is C19H19NO5S. The summed E-state index contributed by atoms with van der Waals surface area (Å²) in [5.41, 5.74) is 3.11. The number of nitrogens with two attached hydrogens (primary N) is 1. The topological polar surface area (TPSA) is 104 Å². The lowest BCUT2D eigenvalue weighted by Gasteiger charge is -2.13. The summed E-state index contributed by atoms with van der Waals surface area (Å²) in [5, 5.41) is 5.02. The summed E-state index contributed by atoms with van der Waals surface area (Å²) in [5.74, 6) is -0.970. The molecule has 0 spiro atoms. The van der Waals surface area contributed by atoms with E-state index < -0.39 is 22.1 Å². The number of Topliss-reactive ketones (excluding diaryl/α,β-unsaturated/α-hetero) is 1. The number of ketones is 1. The Morgan fingerprint density at radius 2 is 1.62 bits per heavy atom. The van der Waals surface area contributed by atoms with Crippen molar-refractivity contribution in [3.63, 3.8) is 0 Å². The smallest absolute Gasteiger partial charge is 0.338 e. The summed E-state index contributed by atoms with van der Waals surface area (Å²) < 4.78 is 27.7. The van der Waals surface area contributed by atoms with Crippen LogP contribution in [0.5, 0.6) is 0 Å². The van der Waals surface area contributed by atoms with E-state index in [1.165, 1.54) is 42.3 Å². The Kier molecular flexibility index (Phi) is 4.93. The minimum Gasteiger partial charge on any atom is -0.451 e. The van der Waals surface area contributed by atoms with Crippen molar-refractivity contribution in [2.45, 2.75) is 37.2 Å². The number of fused-ring (bicyclic) bond motifs is 1. The van der Waals surface area contributed by atoms with Crippen LogP contribution in [0.25, 0.3) is 0 Å². The molecule has 3 rings (SSSR count). The van der Waals surface area contributed by atoms with Crippen molar-refractivity contribution in [2.75, 3.05) is 0 Å². The van der Waals surface area contributed by atoms with Gasteiger partial charge >= 0.3 is 5.97 Å². The van der Waals surface area contributed by atoms with E-state index in [9.17, 15) is 18.0 Å². The zero-order valence-electron chi connectivity index (χ0n) is 14.3. The van der Waals surface area contributed by atoms with Crippen LogP contribution in [-0.2, 0) is 27.6 Å². The van der Waals surface area contributed by atoms with Crippen molar-refractivity contribution in [3.8, 4) is 0 Å². The molecular weight excluding hydrogens is 354 g/mol. The van der Waals surface area contributed by atoms with Crippen molar-refractivity contribution in [1.29, 1.82) is 0 Å². The number of hydrogen-bond donors (Lipinski definition) is 1. The lowest BCUT2D eigenvalue weighted by molar-refractivity contribution is 0.0318. The first kappa shape index (κ1) is 18.3.